The molecule has 2 aromatic carbocycles. The van der Waals surface area contributed by atoms with Crippen molar-refractivity contribution in [3.63, 3.8) is 0 Å². The van der Waals surface area contributed by atoms with E-state index >= 15 is 0 Å². The van der Waals surface area contributed by atoms with E-state index in [1.807, 2.05) is 19.9 Å². The highest BCUT2D eigenvalue weighted by Crippen LogP contribution is 2.21. The molecule has 0 aromatic heterocycles. The number of nitrogens with two attached hydrogens (primary N) is 1. The predicted molar refractivity (Wildman–Crippen MR) is 102 cm³/mol. The maximum Gasteiger partial charge on any atom is 0.248 e. The van der Waals surface area contributed by atoms with Gasteiger partial charge in [-0.25, -0.2) is 8.42 Å². The molecular formula is C18H21N3O4S. The molecular weight excluding hydrogens is 354 g/mol. The Balaban J connectivity index is 2.19. The molecule has 0 aliphatic carbocycles. The lowest BCUT2D eigenvalue weighted by Gasteiger charge is -2.22. The number of benzene rings is 2. The second kappa shape index (κ2) is 7.57. The van der Waals surface area contributed by atoms with Crippen molar-refractivity contribution in [3.05, 3.63) is 59.2 Å². The highest BCUT2D eigenvalue weighted by molar-refractivity contribution is 7.92. The highest BCUT2D eigenvalue weighted by atomic mass is 32.2. The van der Waals surface area contributed by atoms with Crippen LogP contribution >= 0.6 is 0 Å². The number of nitrogens with zero attached hydrogens (tertiary/aromatic N) is 1. The zero-order valence-electron chi connectivity index (χ0n) is 14.8. The van der Waals surface area contributed by atoms with Gasteiger partial charge in [0.15, 0.2) is 0 Å². The molecule has 0 heterocycles. The average Bonchev–Trinajstić information content (AvgIpc) is 2.55. The number of nitrogens with one attached hydrogen (secondary N) is 1. The molecule has 7 nitrogen and oxygen atoms in total. The van der Waals surface area contributed by atoms with Crippen molar-refractivity contribution < 1.29 is 18.0 Å². The molecule has 26 heavy (non-hydrogen) atoms. The van der Waals surface area contributed by atoms with Crippen LogP contribution in [0.3, 0.4) is 0 Å². The van der Waals surface area contributed by atoms with E-state index in [0.29, 0.717) is 16.9 Å². The first-order chi connectivity index (χ1) is 12.1. The smallest absolute Gasteiger partial charge is 0.248 e. The Morgan fingerprint density at radius 2 is 1.65 bits per heavy atom. The summed E-state index contributed by atoms with van der Waals surface area (Å²) in [5.74, 6) is -1.07. The van der Waals surface area contributed by atoms with E-state index in [9.17, 15) is 18.0 Å². The first-order valence-electron chi connectivity index (χ1n) is 7.82. The third kappa shape index (κ3) is 4.82. The lowest BCUT2D eigenvalue weighted by molar-refractivity contribution is -0.114. The van der Waals surface area contributed by atoms with Gasteiger partial charge in [-0.15, -0.1) is 0 Å². The summed E-state index contributed by atoms with van der Waals surface area (Å²) < 4.78 is 25.3. The number of aryl methyl sites for hydroxylation is 2. The van der Waals surface area contributed by atoms with Gasteiger partial charge in [0.2, 0.25) is 21.8 Å². The van der Waals surface area contributed by atoms with Gasteiger partial charge >= 0.3 is 0 Å². The Morgan fingerprint density at radius 3 is 2.15 bits per heavy atom. The van der Waals surface area contributed by atoms with E-state index in [2.05, 4.69) is 5.32 Å². The molecule has 0 radical (unpaired) electrons. The van der Waals surface area contributed by atoms with Crippen molar-refractivity contribution in [1.29, 1.82) is 0 Å². The molecule has 2 rings (SSSR count). The molecule has 0 bridgehead atoms. The van der Waals surface area contributed by atoms with E-state index in [-0.39, 0.29) is 6.54 Å². The fourth-order valence-electron chi connectivity index (χ4n) is 2.33. The van der Waals surface area contributed by atoms with E-state index in [4.69, 9.17) is 5.73 Å². The topological polar surface area (TPSA) is 110 Å². The van der Waals surface area contributed by atoms with Gasteiger partial charge in [-0.2, -0.15) is 0 Å². The Labute approximate surface area is 152 Å². The zero-order valence-corrected chi connectivity index (χ0v) is 15.6. The predicted octanol–water partition coefficient (Wildman–Crippen LogP) is 1.81. The average molecular weight is 375 g/mol. The van der Waals surface area contributed by atoms with Crippen LogP contribution in [-0.4, -0.2) is 33.0 Å². The largest absolute Gasteiger partial charge is 0.366 e. The summed E-state index contributed by atoms with van der Waals surface area (Å²) >= 11 is 0. The molecule has 2 amide bonds. The first-order valence-corrected chi connectivity index (χ1v) is 9.67. The molecule has 0 aliphatic heterocycles. The van der Waals surface area contributed by atoms with Gasteiger partial charge in [0.05, 0.1) is 11.9 Å². The summed E-state index contributed by atoms with van der Waals surface area (Å²) in [6, 6.07) is 11.2. The second-order valence-electron chi connectivity index (χ2n) is 6.03. The molecule has 0 unspecified atom stereocenters. The standard InChI is InChI=1S/C18H21N3O4S/c1-12-4-9-16(10-13(12)2)21(26(3,24)25)11-17(22)20-15-7-5-14(6-8-15)18(19)23/h4-10H,11H2,1-3H3,(H2,19,23)(H,20,22). The van der Waals surface area contributed by atoms with Crippen LogP contribution < -0.4 is 15.4 Å². The quantitative estimate of drug-likeness (QED) is 0.802. The summed E-state index contributed by atoms with van der Waals surface area (Å²) in [6.45, 7) is 3.44. The maximum absolute atomic E-state index is 12.3. The van der Waals surface area contributed by atoms with Crippen LogP contribution in [-0.2, 0) is 14.8 Å². The van der Waals surface area contributed by atoms with Crippen LogP contribution in [0.15, 0.2) is 42.5 Å². The van der Waals surface area contributed by atoms with Crippen molar-refractivity contribution in [3.8, 4) is 0 Å². The number of sulfonamides is 1. The molecule has 8 heteroatoms. The number of hydrogen-bond acceptors (Lipinski definition) is 4. The number of amides is 2. The van der Waals surface area contributed by atoms with Crippen molar-refractivity contribution >= 4 is 33.2 Å². The SMILES string of the molecule is Cc1ccc(N(CC(=O)Nc2ccc(C(N)=O)cc2)S(C)(=O)=O)cc1C. The summed E-state index contributed by atoms with van der Waals surface area (Å²) in [6.07, 6.45) is 1.05. The fourth-order valence-corrected chi connectivity index (χ4v) is 3.18. The Morgan fingerprint density at radius 1 is 1.04 bits per heavy atom. The van der Waals surface area contributed by atoms with E-state index < -0.39 is 21.8 Å². The molecule has 0 saturated carbocycles. The number of carbonyl (C=O) groups excluding carboxylic acids is 2. The molecule has 2 aromatic rings. The maximum atomic E-state index is 12.3. The van der Waals surface area contributed by atoms with Crippen LogP contribution in [0.4, 0.5) is 11.4 Å². The van der Waals surface area contributed by atoms with E-state index in [0.717, 1.165) is 21.7 Å². The van der Waals surface area contributed by atoms with Gasteiger partial charge in [0.1, 0.15) is 6.54 Å². The van der Waals surface area contributed by atoms with Crippen molar-refractivity contribution in [1.82, 2.24) is 0 Å². The molecule has 0 atom stereocenters. The Kier molecular flexibility index (Phi) is 5.66. The van der Waals surface area contributed by atoms with Gasteiger partial charge < -0.3 is 11.1 Å². The van der Waals surface area contributed by atoms with Crippen LogP contribution in [0.1, 0.15) is 21.5 Å². The molecule has 0 spiro atoms. The van der Waals surface area contributed by atoms with Crippen LogP contribution in [0.5, 0.6) is 0 Å². The monoisotopic (exact) mass is 375 g/mol. The van der Waals surface area contributed by atoms with Gasteiger partial charge in [0.25, 0.3) is 0 Å². The third-order valence-corrected chi connectivity index (χ3v) is 5.06. The van der Waals surface area contributed by atoms with Gasteiger partial charge in [-0.1, -0.05) is 6.07 Å². The second-order valence-corrected chi connectivity index (χ2v) is 7.93. The van der Waals surface area contributed by atoms with Crippen LogP contribution in [0, 0.1) is 13.8 Å². The number of hydrogen-bond donors (Lipinski definition) is 2. The number of carbonyl (C=O) groups is 2. The highest BCUT2D eigenvalue weighted by Gasteiger charge is 2.21. The molecule has 138 valence electrons. The first kappa shape index (κ1) is 19.5. The lowest BCUT2D eigenvalue weighted by atomic mass is 10.1. The van der Waals surface area contributed by atoms with Crippen molar-refractivity contribution in [2.75, 3.05) is 22.4 Å². The molecule has 0 fully saturated rings. The molecule has 3 N–H and O–H groups in total. The summed E-state index contributed by atoms with van der Waals surface area (Å²) in [4.78, 5) is 23.4. The minimum Gasteiger partial charge on any atom is -0.366 e. The van der Waals surface area contributed by atoms with Crippen molar-refractivity contribution in [2.45, 2.75) is 13.8 Å². The summed E-state index contributed by atoms with van der Waals surface area (Å²) in [5, 5.41) is 2.61. The lowest BCUT2D eigenvalue weighted by Crippen LogP contribution is -2.37. The number of primary amides is 1. The molecule has 0 saturated heterocycles. The summed E-state index contributed by atoms with van der Waals surface area (Å²) in [7, 11) is -3.64. The number of anilines is 2. The van der Waals surface area contributed by atoms with E-state index in [1.165, 1.54) is 24.3 Å². The fraction of sp³-hybridized carbons (Fsp3) is 0.222. The number of rotatable bonds is 6. The van der Waals surface area contributed by atoms with Gasteiger partial charge in [0, 0.05) is 11.3 Å². The Bertz CT molecular complexity index is 937. The minimum atomic E-state index is -3.64. The Hall–Kier alpha value is -2.87. The van der Waals surface area contributed by atoms with Crippen molar-refractivity contribution in [2.24, 2.45) is 5.73 Å². The molecule has 0 aliphatic rings. The van der Waals surface area contributed by atoms with Gasteiger partial charge in [-0.3, -0.25) is 13.9 Å². The van der Waals surface area contributed by atoms with Crippen LogP contribution in [0.2, 0.25) is 0 Å². The normalized spacial score (nSPS) is 11.0. The zero-order chi connectivity index (χ0) is 19.5. The minimum absolute atomic E-state index is 0.316. The van der Waals surface area contributed by atoms with E-state index in [1.54, 1.807) is 12.1 Å². The van der Waals surface area contributed by atoms with Gasteiger partial charge in [-0.05, 0) is 61.4 Å². The van der Waals surface area contributed by atoms with Crippen LogP contribution in [0.25, 0.3) is 0 Å². The summed E-state index contributed by atoms with van der Waals surface area (Å²) in [5.41, 5.74) is 8.30. The third-order valence-electron chi connectivity index (χ3n) is 3.92.